The largest absolute Gasteiger partial charge is 0.388 e. The van der Waals surface area contributed by atoms with Crippen LogP contribution in [0, 0.1) is 10.8 Å². The number of hydrogen-bond donors (Lipinski definition) is 2. The summed E-state index contributed by atoms with van der Waals surface area (Å²) in [6, 6.07) is 0. The highest BCUT2D eigenvalue weighted by Gasteiger charge is 2.43. The molecule has 0 radical (unpaired) electrons. The van der Waals surface area contributed by atoms with E-state index in [1.807, 2.05) is 5.51 Å². The Hall–Kier alpha value is -0.940. The maximum Gasteiger partial charge on any atom is 0.0911 e. The van der Waals surface area contributed by atoms with E-state index in [1.54, 1.807) is 11.3 Å². The molecule has 1 aromatic rings. The standard InChI is InChI=1S/C11H18N4S/c1-15(5-9-6-16-8-14-9)7-11(2-3-11)4-10(12)13/h6,8H,2-5,7H2,1H3,(H3,12,13). The average Bonchev–Trinajstić information content (AvgIpc) is 2.74. The van der Waals surface area contributed by atoms with Gasteiger partial charge >= 0.3 is 0 Å². The predicted molar refractivity (Wildman–Crippen MR) is 66.6 cm³/mol. The molecule has 0 atom stereocenters. The summed E-state index contributed by atoms with van der Waals surface area (Å²) in [5.41, 5.74) is 8.77. The Bertz CT molecular complexity index is 356. The lowest BCUT2D eigenvalue weighted by atomic mass is 10.0. The first-order valence-electron chi connectivity index (χ1n) is 5.48. The third kappa shape index (κ3) is 3.02. The number of rotatable bonds is 6. The molecular weight excluding hydrogens is 220 g/mol. The van der Waals surface area contributed by atoms with Crippen molar-refractivity contribution in [2.75, 3.05) is 13.6 Å². The van der Waals surface area contributed by atoms with Gasteiger partial charge in [-0.2, -0.15) is 0 Å². The van der Waals surface area contributed by atoms with Crippen molar-refractivity contribution >= 4 is 17.2 Å². The molecule has 88 valence electrons. The zero-order valence-electron chi connectivity index (χ0n) is 9.57. The van der Waals surface area contributed by atoms with Crippen LogP contribution in [-0.4, -0.2) is 29.3 Å². The molecule has 1 heterocycles. The lowest BCUT2D eigenvalue weighted by molar-refractivity contribution is 0.257. The summed E-state index contributed by atoms with van der Waals surface area (Å²) in [6.07, 6.45) is 3.15. The van der Waals surface area contributed by atoms with Gasteiger partial charge in [0.05, 0.1) is 17.0 Å². The maximum absolute atomic E-state index is 7.38. The van der Waals surface area contributed by atoms with Crippen LogP contribution in [0.1, 0.15) is 25.0 Å². The highest BCUT2D eigenvalue weighted by molar-refractivity contribution is 7.07. The van der Waals surface area contributed by atoms with Crippen molar-refractivity contribution in [3.8, 4) is 0 Å². The van der Waals surface area contributed by atoms with Crippen LogP contribution in [0.4, 0.5) is 0 Å². The zero-order valence-corrected chi connectivity index (χ0v) is 10.4. The van der Waals surface area contributed by atoms with Crippen molar-refractivity contribution < 1.29 is 0 Å². The Morgan fingerprint density at radius 2 is 2.44 bits per heavy atom. The lowest BCUT2D eigenvalue weighted by Gasteiger charge is -2.22. The molecule has 0 saturated heterocycles. The van der Waals surface area contributed by atoms with Gasteiger partial charge in [0.25, 0.3) is 0 Å². The minimum Gasteiger partial charge on any atom is -0.388 e. The average molecular weight is 238 g/mol. The van der Waals surface area contributed by atoms with Crippen molar-refractivity contribution in [3.05, 3.63) is 16.6 Å². The van der Waals surface area contributed by atoms with Crippen LogP contribution in [0.15, 0.2) is 10.9 Å². The number of thiazole rings is 1. The van der Waals surface area contributed by atoms with Crippen LogP contribution in [0.3, 0.4) is 0 Å². The molecule has 1 aromatic heterocycles. The Balaban J connectivity index is 1.83. The fraction of sp³-hybridized carbons (Fsp3) is 0.636. The summed E-state index contributed by atoms with van der Waals surface area (Å²) in [6.45, 7) is 1.91. The van der Waals surface area contributed by atoms with Crippen LogP contribution in [0.25, 0.3) is 0 Å². The number of nitrogens with two attached hydrogens (primary N) is 1. The second-order valence-corrected chi connectivity index (χ2v) is 5.57. The molecule has 1 aliphatic carbocycles. The second-order valence-electron chi connectivity index (χ2n) is 4.85. The summed E-state index contributed by atoms with van der Waals surface area (Å²) >= 11 is 1.63. The molecule has 0 aromatic carbocycles. The second kappa shape index (κ2) is 4.51. The van der Waals surface area contributed by atoms with E-state index in [2.05, 4.69) is 22.3 Å². The van der Waals surface area contributed by atoms with Crippen LogP contribution in [0.2, 0.25) is 0 Å². The van der Waals surface area contributed by atoms with Crippen LogP contribution in [0.5, 0.6) is 0 Å². The quantitative estimate of drug-likeness (QED) is 0.585. The molecule has 5 heteroatoms. The monoisotopic (exact) mass is 238 g/mol. The van der Waals surface area contributed by atoms with E-state index in [-0.39, 0.29) is 5.41 Å². The van der Waals surface area contributed by atoms with Crippen molar-refractivity contribution in [2.45, 2.75) is 25.8 Å². The van der Waals surface area contributed by atoms with E-state index in [0.717, 1.165) is 25.2 Å². The number of nitrogens with zero attached hydrogens (tertiary/aromatic N) is 2. The SMILES string of the molecule is CN(Cc1cscn1)CC1(CC(=N)N)CC1. The summed E-state index contributed by atoms with van der Waals surface area (Å²) < 4.78 is 0. The molecule has 16 heavy (non-hydrogen) atoms. The molecule has 0 unspecified atom stereocenters. The first kappa shape index (κ1) is 11.5. The molecular formula is C11H18N4S. The number of hydrogen-bond acceptors (Lipinski definition) is 4. The maximum atomic E-state index is 7.38. The first-order chi connectivity index (χ1) is 7.60. The van der Waals surface area contributed by atoms with E-state index in [9.17, 15) is 0 Å². The first-order valence-corrected chi connectivity index (χ1v) is 6.42. The van der Waals surface area contributed by atoms with Gasteiger partial charge in [0.2, 0.25) is 0 Å². The summed E-state index contributed by atoms with van der Waals surface area (Å²) in [5, 5.41) is 9.46. The van der Waals surface area contributed by atoms with Gasteiger partial charge in [-0.25, -0.2) is 4.98 Å². The molecule has 3 N–H and O–H groups in total. The number of amidine groups is 1. The van der Waals surface area contributed by atoms with E-state index in [0.29, 0.717) is 5.84 Å². The zero-order chi connectivity index (χ0) is 11.6. The van der Waals surface area contributed by atoms with E-state index in [4.69, 9.17) is 11.1 Å². The van der Waals surface area contributed by atoms with Gasteiger partial charge in [-0.05, 0) is 25.3 Å². The Morgan fingerprint density at radius 3 is 2.94 bits per heavy atom. The van der Waals surface area contributed by atoms with Gasteiger partial charge in [0, 0.05) is 24.9 Å². The molecule has 2 rings (SSSR count). The fourth-order valence-electron chi connectivity index (χ4n) is 2.19. The topological polar surface area (TPSA) is 66.0 Å². The van der Waals surface area contributed by atoms with Crippen LogP contribution in [-0.2, 0) is 6.54 Å². The molecule has 0 spiro atoms. The highest BCUT2D eigenvalue weighted by Crippen LogP contribution is 2.49. The minimum absolute atomic E-state index is 0.288. The predicted octanol–water partition coefficient (Wildman–Crippen LogP) is 1.68. The Labute approximate surface area is 100.0 Å². The summed E-state index contributed by atoms with van der Waals surface area (Å²) in [7, 11) is 2.11. The van der Waals surface area contributed by atoms with Crippen molar-refractivity contribution in [1.82, 2.24) is 9.88 Å². The van der Waals surface area contributed by atoms with E-state index in [1.165, 1.54) is 12.8 Å². The smallest absolute Gasteiger partial charge is 0.0911 e. The van der Waals surface area contributed by atoms with E-state index < -0.39 is 0 Å². The lowest BCUT2D eigenvalue weighted by Crippen LogP contribution is -2.29. The van der Waals surface area contributed by atoms with E-state index >= 15 is 0 Å². The van der Waals surface area contributed by atoms with Gasteiger partial charge in [0.15, 0.2) is 0 Å². The number of aromatic nitrogens is 1. The normalized spacial score (nSPS) is 17.6. The Morgan fingerprint density at radius 1 is 1.69 bits per heavy atom. The molecule has 1 saturated carbocycles. The van der Waals surface area contributed by atoms with Gasteiger partial charge < -0.3 is 5.73 Å². The number of nitrogens with one attached hydrogen (secondary N) is 1. The van der Waals surface area contributed by atoms with Crippen molar-refractivity contribution in [3.63, 3.8) is 0 Å². The fourth-order valence-corrected chi connectivity index (χ4v) is 2.74. The van der Waals surface area contributed by atoms with Gasteiger partial charge in [-0.3, -0.25) is 10.3 Å². The summed E-state index contributed by atoms with van der Waals surface area (Å²) in [5.74, 6) is 0.319. The molecule has 4 nitrogen and oxygen atoms in total. The van der Waals surface area contributed by atoms with Crippen LogP contribution >= 0.6 is 11.3 Å². The Kier molecular flexibility index (Phi) is 3.25. The summed E-state index contributed by atoms with van der Waals surface area (Å²) in [4.78, 5) is 6.56. The minimum atomic E-state index is 0.288. The third-order valence-electron chi connectivity index (χ3n) is 3.04. The third-order valence-corrected chi connectivity index (χ3v) is 3.68. The van der Waals surface area contributed by atoms with Gasteiger partial charge in [-0.15, -0.1) is 11.3 Å². The van der Waals surface area contributed by atoms with Gasteiger partial charge in [-0.1, -0.05) is 0 Å². The van der Waals surface area contributed by atoms with Gasteiger partial charge in [0.1, 0.15) is 0 Å². The van der Waals surface area contributed by atoms with Crippen molar-refractivity contribution in [2.24, 2.45) is 11.1 Å². The molecule has 1 aliphatic rings. The van der Waals surface area contributed by atoms with Crippen molar-refractivity contribution in [1.29, 1.82) is 5.41 Å². The molecule has 0 bridgehead atoms. The highest BCUT2D eigenvalue weighted by atomic mass is 32.1. The molecule has 0 amide bonds. The van der Waals surface area contributed by atoms with Crippen LogP contribution < -0.4 is 5.73 Å². The molecule has 1 fully saturated rings. The molecule has 0 aliphatic heterocycles.